The largest absolute Gasteiger partial charge is 0.394 e. The number of para-hydroxylation sites is 1. The van der Waals surface area contributed by atoms with Crippen molar-refractivity contribution in [2.24, 2.45) is 0 Å². The Morgan fingerprint density at radius 1 is 1.17 bits per heavy atom. The lowest BCUT2D eigenvalue weighted by Gasteiger charge is -2.16. The quantitative estimate of drug-likeness (QED) is 0.652. The minimum Gasteiger partial charge on any atom is -0.394 e. The van der Waals surface area contributed by atoms with Gasteiger partial charge < -0.3 is 15.4 Å². The van der Waals surface area contributed by atoms with E-state index in [1.807, 2.05) is 42.6 Å². The molecule has 1 amide bonds. The molecule has 1 aromatic heterocycles. The van der Waals surface area contributed by atoms with Gasteiger partial charge in [-0.3, -0.25) is 4.79 Å². The van der Waals surface area contributed by atoms with Crippen molar-refractivity contribution < 1.29 is 9.90 Å². The molecule has 0 aliphatic rings. The lowest BCUT2D eigenvalue weighted by atomic mass is 10.0. The maximum atomic E-state index is 12.3. The highest BCUT2D eigenvalue weighted by Gasteiger charge is 2.14. The van der Waals surface area contributed by atoms with Gasteiger partial charge in [0, 0.05) is 23.5 Å². The predicted molar refractivity (Wildman–Crippen MR) is 95.8 cm³/mol. The lowest BCUT2D eigenvalue weighted by Crippen LogP contribution is -2.30. The summed E-state index contributed by atoms with van der Waals surface area (Å²) in [5.41, 5.74) is 4.39. The second kappa shape index (κ2) is 7.32. The number of H-pyrrole nitrogens is 1. The smallest absolute Gasteiger partial charge is 0.220 e. The second-order valence-electron chi connectivity index (χ2n) is 6.02. The number of hydrogen-bond donors (Lipinski definition) is 3. The van der Waals surface area contributed by atoms with Crippen LogP contribution >= 0.6 is 0 Å². The van der Waals surface area contributed by atoms with Gasteiger partial charge in [-0.1, -0.05) is 48.5 Å². The third kappa shape index (κ3) is 3.49. The molecule has 3 N–H and O–H groups in total. The summed E-state index contributed by atoms with van der Waals surface area (Å²) in [6.07, 6.45) is 3.04. The van der Waals surface area contributed by atoms with Crippen LogP contribution in [-0.2, 0) is 11.2 Å². The van der Waals surface area contributed by atoms with E-state index in [1.165, 1.54) is 10.9 Å². The van der Waals surface area contributed by atoms with Crippen molar-refractivity contribution in [1.29, 1.82) is 0 Å². The molecule has 0 bridgehead atoms. The Bertz CT molecular complexity index is 824. The molecule has 1 unspecified atom stereocenters. The van der Waals surface area contributed by atoms with Gasteiger partial charge in [0.05, 0.1) is 12.6 Å². The van der Waals surface area contributed by atoms with Crippen molar-refractivity contribution in [3.05, 3.63) is 71.4 Å². The van der Waals surface area contributed by atoms with E-state index >= 15 is 0 Å². The molecule has 3 aromatic rings. The van der Waals surface area contributed by atoms with Crippen LogP contribution < -0.4 is 5.32 Å². The van der Waals surface area contributed by atoms with Crippen molar-refractivity contribution in [3.8, 4) is 0 Å². The first kappa shape index (κ1) is 16.3. The molecule has 3 rings (SSSR count). The van der Waals surface area contributed by atoms with Gasteiger partial charge in [0.15, 0.2) is 0 Å². The van der Waals surface area contributed by atoms with E-state index in [0.717, 1.165) is 16.6 Å². The average Bonchev–Trinajstić information content (AvgIpc) is 3.03. The van der Waals surface area contributed by atoms with Crippen molar-refractivity contribution in [2.75, 3.05) is 6.61 Å². The number of carbonyl (C=O) groups excluding carboxylic acids is 1. The molecule has 4 nitrogen and oxygen atoms in total. The molecule has 0 spiro atoms. The molecule has 0 saturated carbocycles. The fourth-order valence-electron chi connectivity index (χ4n) is 3.01. The molecule has 4 heteroatoms. The Morgan fingerprint density at radius 2 is 1.96 bits per heavy atom. The zero-order valence-corrected chi connectivity index (χ0v) is 13.8. The number of nitrogens with one attached hydrogen (secondary N) is 2. The van der Waals surface area contributed by atoms with Crippen molar-refractivity contribution >= 4 is 16.8 Å². The molecule has 24 heavy (non-hydrogen) atoms. The number of amides is 1. The Labute approximate surface area is 141 Å². The zero-order chi connectivity index (χ0) is 16.9. The number of aromatic nitrogens is 1. The highest BCUT2D eigenvalue weighted by Crippen LogP contribution is 2.22. The number of carbonyl (C=O) groups is 1. The molecule has 0 aliphatic heterocycles. The van der Waals surface area contributed by atoms with Gasteiger partial charge in [0.2, 0.25) is 5.91 Å². The Balaban J connectivity index is 1.63. The first-order valence-electron chi connectivity index (χ1n) is 8.20. The third-order valence-corrected chi connectivity index (χ3v) is 4.35. The summed E-state index contributed by atoms with van der Waals surface area (Å²) in [4.78, 5) is 15.5. The second-order valence-corrected chi connectivity index (χ2v) is 6.02. The summed E-state index contributed by atoms with van der Waals surface area (Å²) >= 11 is 0. The Hall–Kier alpha value is -2.59. The molecule has 0 radical (unpaired) electrons. The van der Waals surface area contributed by atoms with Crippen LogP contribution in [0.1, 0.15) is 29.2 Å². The van der Waals surface area contributed by atoms with Crippen molar-refractivity contribution in [3.63, 3.8) is 0 Å². The monoisotopic (exact) mass is 322 g/mol. The van der Waals surface area contributed by atoms with Gasteiger partial charge in [-0.15, -0.1) is 0 Å². The Morgan fingerprint density at radius 3 is 2.71 bits per heavy atom. The maximum absolute atomic E-state index is 12.3. The first-order chi connectivity index (χ1) is 11.7. The summed E-state index contributed by atoms with van der Waals surface area (Å²) in [5.74, 6) is -0.0556. The van der Waals surface area contributed by atoms with Crippen LogP contribution in [0.5, 0.6) is 0 Å². The van der Waals surface area contributed by atoms with E-state index in [0.29, 0.717) is 12.8 Å². The van der Waals surface area contributed by atoms with Gasteiger partial charge in [0.25, 0.3) is 0 Å². The number of hydrogen-bond acceptors (Lipinski definition) is 2. The molecular formula is C20H22N2O2. The number of aliphatic hydroxyl groups excluding tert-OH is 1. The van der Waals surface area contributed by atoms with Gasteiger partial charge in [-0.25, -0.2) is 0 Å². The summed E-state index contributed by atoms with van der Waals surface area (Å²) < 4.78 is 0. The van der Waals surface area contributed by atoms with Gasteiger partial charge in [-0.2, -0.15) is 0 Å². The van der Waals surface area contributed by atoms with Crippen molar-refractivity contribution in [1.82, 2.24) is 10.3 Å². The van der Waals surface area contributed by atoms with E-state index in [-0.39, 0.29) is 18.6 Å². The van der Waals surface area contributed by atoms with E-state index < -0.39 is 0 Å². The molecular weight excluding hydrogens is 300 g/mol. The minimum absolute atomic E-state index is 0.0556. The van der Waals surface area contributed by atoms with Crippen LogP contribution in [0.4, 0.5) is 0 Å². The average molecular weight is 322 g/mol. The number of aliphatic hydroxyl groups is 1. The number of fused-ring (bicyclic) bond motifs is 1. The normalized spacial score (nSPS) is 12.2. The summed E-state index contributed by atoms with van der Waals surface area (Å²) in [6, 6.07) is 15.4. The Kier molecular flexibility index (Phi) is 4.96. The van der Waals surface area contributed by atoms with Gasteiger partial charge >= 0.3 is 0 Å². The van der Waals surface area contributed by atoms with E-state index in [4.69, 9.17) is 0 Å². The molecule has 0 fully saturated rings. The van der Waals surface area contributed by atoms with Crippen LogP contribution in [0, 0.1) is 6.92 Å². The van der Waals surface area contributed by atoms with Crippen LogP contribution in [0.2, 0.25) is 0 Å². The number of benzene rings is 2. The highest BCUT2D eigenvalue weighted by atomic mass is 16.3. The molecule has 2 aromatic carbocycles. The predicted octanol–water partition coefficient (Wildman–Crippen LogP) is 3.26. The number of aromatic amines is 1. The SMILES string of the molecule is Cc1cccc2c(CCC(=O)NC(CO)c3ccccc3)c[nH]c12. The molecule has 0 aliphatic carbocycles. The van der Waals surface area contributed by atoms with Crippen LogP contribution in [0.25, 0.3) is 10.9 Å². The lowest BCUT2D eigenvalue weighted by molar-refractivity contribution is -0.122. The molecule has 0 saturated heterocycles. The number of aryl methyl sites for hydroxylation is 2. The fourth-order valence-corrected chi connectivity index (χ4v) is 3.01. The van der Waals surface area contributed by atoms with Crippen LogP contribution in [-0.4, -0.2) is 22.6 Å². The van der Waals surface area contributed by atoms with E-state index in [1.54, 1.807) is 0 Å². The molecule has 1 atom stereocenters. The fraction of sp³-hybridized carbons (Fsp3) is 0.250. The number of rotatable bonds is 6. The molecule has 1 heterocycles. The van der Waals surface area contributed by atoms with Gasteiger partial charge in [-0.05, 0) is 30.0 Å². The minimum atomic E-state index is -0.357. The topological polar surface area (TPSA) is 65.1 Å². The van der Waals surface area contributed by atoms with Crippen LogP contribution in [0.3, 0.4) is 0 Å². The summed E-state index contributed by atoms with van der Waals surface area (Å²) in [5, 5.41) is 13.6. The maximum Gasteiger partial charge on any atom is 0.220 e. The standard InChI is InChI=1S/C20H22N2O2/c1-14-6-5-9-17-16(12-21-20(14)17)10-11-19(24)22-18(13-23)15-7-3-2-4-8-15/h2-9,12,18,21,23H,10-11,13H2,1H3,(H,22,24). The highest BCUT2D eigenvalue weighted by molar-refractivity contribution is 5.86. The van der Waals surface area contributed by atoms with Crippen molar-refractivity contribution in [2.45, 2.75) is 25.8 Å². The summed E-state index contributed by atoms with van der Waals surface area (Å²) in [7, 11) is 0. The van der Waals surface area contributed by atoms with E-state index in [9.17, 15) is 9.90 Å². The van der Waals surface area contributed by atoms with E-state index in [2.05, 4.69) is 29.4 Å². The van der Waals surface area contributed by atoms with Crippen LogP contribution in [0.15, 0.2) is 54.7 Å². The first-order valence-corrected chi connectivity index (χ1v) is 8.20. The third-order valence-electron chi connectivity index (χ3n) is 4.35. The molecule has 124 valence electrons. The zero-order valence-electron chi connectivity index (χ0n) is 13.8. The summed E-state index contributed by atoms with van der Waals surface area (Å²) in [6.45, 7) is 1.96. The van der Waals surface area contributed by atoms with Gasteiger partial charge in [0.1, 0.15) is 0 Å².